The summed E-state index contributed by atoms with van der Waals surface area (Å²) in [6.07, 6.45) is 3.10. The molecule has 0 unspecified atom stereocenters. The van der Waals surface area contributed by atoms with Gasteiger partial charge in [-0.05, 0) is 42.5 Å². The highest BCUT2D eigenvalue weighted by molar-refractivity contribution is 8.18. The van der Waals surface area contributed by atoms with Gasteiger partial charge in [-0.15, -0.1) is 6.58 Å². The van der Waals surface area contributed by atoms with Crippen LogP contribution in [0, 0.1) is 0 Å². The van der Waals surface area contributed by atoms with Crippen LogP contribution in [0.3, 0.4) is 0 Å². The highest BCUT2D eigenvalue weighted by Gasteiger charge is 2.34. The van der Waals surface area contributed by atoms with E-state index in [1.165, 1.54) is 13.2 Å². The van der Waals surface area contributed by atoms with E-state index in [-0.39, 0.29) is 30.9 Å². The van der Waals surface area contributed by atoms with Crippen molar-refractivity contribution in [1.82, 2.24) is 4.90 Å². The number of esters is 1. The van der Waals surface area contributed by atoms with E-state index in [4.69, 9.17) is 14.2 Å². The van der Waals surface area contributed by atoms with Crippen LogP contribution in [0.2, 0.25) is 0 Å². The van der Waals surface area contributed by atoms with Crippen molar-refractivity contribution in [3.63, 3.8) is 0 Å². The molecule has 1 saturated heterocycles. The number of rotatable bonds is 8. The first-order chi connectivity index (χ1) is 12.5. The Hall–Kier alpha value is -2.74. The summed E-state index contributed by atoms with van der Waals surface area (Å²) >= 11 is 0.871. The third-order valence-corrected chi connectivity index (χ3v) is 4.23. The molecule has 1 aliphatic heterocycles. The fourth-order valence-corrected chi connectivity index (χ4v) is 3.02. The third kappa shape index (κ3) is 4.66. The maximum absolute atomic E-state index is 12.2. The molecule has 0 atom stereocenters. The summed E-state index contributed by atoms with van der Waals surface area (Å²) in [5.74, 6) is -0.0677. The van der Waals surface area contributed by atoms with E-state index < -0.39 is 5.97 Å². The number of hydrogen-bond acceptors (Lipinski definition) is 7. The molecular weight excluding hydrogens is 358 g/mol. The van der Waals surface area contributed by atoms with Crippen molar-refractivity contribution in [1.29, 1.82) is 0 Å². The van der Waals surface area contributed by atoms with Crippen LogP contribution in [0.5, 0.6) is 11.5 Å². The number of amides is 2. The molecule has 0 spiro atoms. The Morgan fingerprint density at radius 2 is 2.08 bits per heavy atom. The van der Waals surface area contributed by atoms with Gasteiger partial charge in [0.05, 0.1) is 18.6 Å². The quantitative estimate of drug-likeness (QED) is 0.391. The highest BCUT2D eigenvalue weighted by atomic mass is 32.2. The van der Waals surface area contributed by atoms with Crippen molar-refractivity contribution in [3.05, 3.63) is 41.3 Å². The lowest BCUT2D eigenvalue weighted by molar-refractivity contribution is -0.145. The van der Waals surface area contributed by atoms with Gasteiger partial charge in [0.1, 0.15) is 0 Å². The van der Waals surface area contributed by atoms with Gasteiger partial charge >= 0.3 is 5.97 Å². The van der Waals surface area contributed by atoms with Crippen LogP contribution in [0.1, 0.15) is 12.5 Å². The molecule has 1 fully saturated rings. The molecule has 0 bridgehead atoms. The van der Waals surface area contributed by atoms with Gasteiger partial charge in [0.2, 0.25) is 0 Å². The molecule has 26 heavy (non-hydrogen) atoms. The summed E-state index contributed by atoms with van der Waals surface area (Å²) in [5.41, 5.74) is 0.662. The minimum Gasteiger partial charge on any atom is -0.493 e. The van der Waals surface area contributed by atoms with Gasteiger partial charge in [-0.1, -0.05) is 12.1 Å². The maximum Gasteiger partial charge on any atom is 0.344 e. The average Bonchev–Trinajstić information content (AvgIpc) is 2.88. The topological polar surface area (TPSA) is 82.1 Å². The molecule has 138 valence electrons. The molecule has 1 aliphatic rings. The lowest BCUT2D eigenvalue weighted by Crippen LogP contribution is -2.27. The number of thioether (sulfide) groups is 1. The van der Waals surface area contributed by atoms with Crippen molar-refractivity contribution in [2.75, 3.05) is 26.9 Å². The minimum atomic E-state index is -0.477. The number of hydrogen-bond donors (Lipinski definition) is 0. The third-order valence-electron chi connectivity index (χ3n) is 3.32. The van der Waals surface area contributed by atoms with E-state index in [2.05, 4.69) is 6.58 Å². The summed E-state index contributed by atoms with van der Waals surface area (Å²) in [6, 6.07) is 4.98. The van der Waals surface area contributed by atoms with Gasteiger partial charge in [0.15, 0.2) is 18.1 Å². The van der Waals surface area contributed by atoms with Crippen molar-refractivity contribution in [2.45, 2.75) is 6.92 Å². The average molecular weight is 377 g/mol. The molecule has 0 N–H and O–H groups in total. The number of benzene rings is 1. The molecule has 2 amide bonds. The Morgan fingerprint density at radius 3 is 2.73 bits per heavy atom. The van der Waals surface area contributed by atoms with Crippen LogP contribution < -0.4 is 9.47 Å². The number of nitrogens with zero attached hydrogens (tertiary/aromatic N) is 1. The van der Waals surface area contributed by atoms with Gasteiger partial charge in [-0.2, -0.15) is 0 Å². The van der Waals surface area contributed by atoms with Crippen LogP contribution in [0.4, 0.5) is 4.79 Å². The zero-order chi connectivity index (χ0) is 19.1. The predicted octanol–water partition coefficient (Wildman–Crippen LogP) is 2.86. The van der Waals surface area contributed by atoms with Gasteiger partial charge in [-0.25, -0.2) is 4.79 Å². The molecule has 1 aromatic carbocycles. The number of carbonyl (C=O) groups excluding carboxylic acids is 3. The fourth-order valence-electron chi connectivity index (χ4n) is 2.17. The Kier molecular flexibility index (Phi) is 6.85. The fraction of sp³-hybridized carbons (Fsp3) is 0.278. The smallest absolute Gasteiger partial charge is 0.344 e. The zero-order valence-corrected chi connectivity index (χ0v) is 15.3. The molecule has 1 heterocycles. The van der Waals surface area contributed by atoms with Crippen LogP contribution in [-0.4, -0.2) is 48.9 Å². The molecule has 8 heteroatoms. The first kappa shape index (κ1) is 19.6. The normalized spacial score (nSPS) is 15.3. The minimum absolute atomic E-state index is 0.173. The van der Waals surface area contributed by atoms with Gasteiger partial charge in [0.25, 0.3) is 11.1 Å². The van der Waals surface area contributed by atoms with E-state index in [0.29, 0.717) is 22.0 Å². The maximum atomic E-state index is 12.2. The number of methoxy groups -OCH3 is 1. The molecule has 0 saturated carbocycles. The monoisotopic (exact) mass is 377 g/mol. The standard InChI is InChI=1S/C18H19NO6S/c1-4-8-19-17(21)15(26-18(19)22)10-12-6-7-13(14(9-12)23-3)25-11-16(20)24-5-2/h4,6-7,9-10H,1,5,8,11H2,2-3H3/b15-10+. The van der Waals surface area contributed by atoms with Crippen molar-refractivity contribution < 1.29 is 28.6 Å². The summed E-state index contributed by atoms with van der Waals surface area (Å²) in [6.45, 7) is 5.47. The Balaban J connectivity index is 2.16. The number of imide groups is 1. The van der Waals surface area contributed by atoms with E-state index in [9.17, 15) is 14.4 Å². The lowest BCUT2D eigenvalue weighted by atomic mass is 10.2. The molecule has 0 radical (unpaired) electrons. The second kappa shape index (κ2) is 9.10. The first-order valence-corrected chi connectivity index (χ1v) is 8.64. The van der Waals surface area contributed by atoms with Crippen molar-refractivity contribution in [2.24, 2.45) is 0 Å². The Morgan fingerprint density at radius 1 is 1.31 bits per heavy atom. The molecular formula is C18H19NO6S. The zero-order valence-electron chi connectivity index (χ0n) is 14.5. The molecule has 2 rings (SSSR count). The van der Waals surface area contributed by atoms with E-state index in [0.717, 1.165) is 16.7 Å². The van der Waals surface area contributed by atoms with E-state index >= 15 is 0 Å². The highest BCUT2D eigenvalue weighted by Crippen LogP contribution is 2.34. The predicted molar refractivity (Wildman–Crippen MR) is 98.0 cm³/mol. The largest absolute Gasteiger partial charge is 0.493 e. The van der Waals surface area contributed by atoms with Crippen molar-refractivity contribution in [3.8, 4) is 11.5 Å². The van der Waals surface area contributed by atoms with Crippen LogP contribution in [-0.2, 0) is 14.3 Å². The summed E-state index contributed by atoms with van der Waals surface area (Å²) < 4.78 is 15.5. The Bertz CT molecular complexity index is 758. The van der Waals surface area contributed by atoms with Gasteiger partial charge < -0.3 is 14.2 Å². The molecule has 0 aromatic heterocycles. The summed E-state index contributed by atoms with van der Waals surface area (Å²) in [4.78, 5) is 36.9. The number of ether oxygens (including phenoxy) is 3. The van der Waals surface area contributed by atoms with E-state index in [1.54, 1.807) is 31.2 Å². The van der Waals surface area contributed by atoms with Crippen LogP contribution in [0.25, 0.3) is 6.08 Å². The molecule has 1 aromatic rings. The van der Waals surface area contributed by atoms with Gasteiger partial charge in [-0.3, -0.25) is 14.5 Å². The molecule has 0 aliphatic carbocycles. The second-order valence-electron chi connectivity index (χ2n) is 5.08. The Labute approximate surface area is 155 Å². The molecule has 7 nitrogen and oxygen atoms in total. The lowest BCUT2D eigenvalue weighted by Gasteiger charge is -2.11. The van der Waals surface area contributed by atoms with Crippen LogP contribution in [0.15, 0.2) is 35.8 Å². The van der Waals surface area contributed by atoms with Crippen molar-refractivity contribution >= 4 is 35.0 Å². The SMILES string of the molecule is C=CCN1C(=O)S/C(=C/c2ccc(OCC(=O)OCC)c(OC)c2)C1=O. The number of carbonyl (C=O) groups is 3. The second-order valence-corrected chi connectivity index (χ2v) is 6.08. The first-order valence-electron chi connectivity index (χ1n) is 7.82. The summed E-state index contributed by atoms with van der Waals surface area (Å²) in [5, 5.41) is -0.331. The van der Waals surface area contributed by atoms with E-state index in [1.807, 2.05) is 0 Å². The summed E-state index contributed by atoms with van der Waals surface area (Å²) in [7, 11) is 1.47. The van der Waals surface area contributed by atoms with Gasteiger partial charge in [0, 0.05) is 6.54 Å². The van der Waals surface area contributed by atoms with Crippen LogP contribution >= 0.6 is 11.8 Å².